The normalized spacial score (nSPS) is 12.6. The van der Waals surface area contributed by atoms with Crippen LogP contribution in [0.4, 0.5) is 0 Å². The van der Waals surface area contributed by atoms with Gasteiger partial charge in [-0.3, -0.25) is 9.80 Å². The highest BCUT2D eigenvalue weighted by Gasteiger charge is 2.16. The van der Waals surface area contributed by atoms with Crippen LogP contribution in [0.15, 0.2) is 0 Å². The number of carbonyl (C=O) groups is 1. The number of aliphatic hydroxyl groups excluding tert-OH is 1. The van der Waals surface area contributed by atoms with E-state index >= 15 is 0 Å². The number of hydrogen-bond acceptors (Lipinski definition) is 4. The predicted molar refractivity (Wildman–Crippen MR) is 50.5 cm³/mol. The molecule has 0 aliphatic rings. The number of hydrazine groups is 1. The summed E-state index contributed by atoms with van der Waals surface area (Å²) >= 11 is 0. The highest BCUT2D eigenvalue weighted by atomic mass is 16.3. The summed E-state index contributed by atoms with van der Waals surface area (Å²) < 4.78 is 0. The second-order valence-electron chi connectivity index (χ2n) is 3.03. The Labute approximate surface area is 78.7 Å². The Hall–Kier alpha value is -0.650. The van der Waals surface area contributed by atoms with Gasteiger partial charge >= 0.3 is 0 Å². The fourth-order valence-electron chi connectivity index (χ4n) is 0.933. The van der Waals surface area contributed by atoms with Crippen LogP contribution in [0.1, 0.15) is 26.2 Å². The topological polar surface area (TPSA) is 92.6 Å². The maximum absolute atomic E-state index is 11.2. The Morgan fingerprint density at radius 3 is 2.62 bits per heavy atom. The molecule has 0 radical (unpaired) electrons. The molecular weight excluding hydrogens is 170 g/mol. The minimum absolute atomic E-state index is 0.361. The first-order valence-electron chi connectivity index (χ1n) is 4.56. The third-order valence-corrected chi connectivity index (χ3v) is 1.80. The van der Waals surface area contributed by atoms with E-state index in [4.69, 9.17) is 16.7 Å². The summed E-state index contributed by atoms with van der Waals surface area (Å²) in [7, 11) is 0. The Balaban J connectivity index is 3.69. The van der Waals surface area contributed by atoms with E-state index in [1.807, 2.05) is 0 Å². The van der Waals surface area contributed by atoms with Crippen LogP contribution < -0.4 is 11.6 Å². The molecule has 0 aromatic heterocycles. The van der Waals surface area contributed by atoms with E-state index in [1.54, 1.807) is 0 Å². The first-order valence-corrected chi connectivity index (χ1v) is 4.56. The van der Waals surface area contributed by atoms with Gasteiger partial charge in [-0.1, -0.05) is 19.8 Å². The molecule has 0 spiro atoms. The Kier molecular flexibility index (Phi) is 6.48. The Morgan fingerprint density at radius 2 is 2.15 bits per heavy atom. The maximum Gasteiger partial charge on any atom is 0.255 e. The minimum atomic E-state index is -0.883. The van der Waals surface area contributed by atoms with Gasteiger partial charge in [0.2, 0.25) is 0 Å². The van der Waals surface area contributed by atoms with Crippen molar-refractivity contribution in [1.82, 2.24) is 5.01 Å². The molecule has 0 saturated heterocycles. The van der Waals surface area contributed by atoms with E-state index in [-0.39, 0.29) is 6.61 Å². The van der Waals surface area contributed by atoms with E-state index in [9.17, 15) is 4.79 Å². The number of carbonyl (C=O) groups excluding carboxylic acids is 1. The first-order chi connectivity index (χ1) is 6.13. The van der Waals surface area contributed by atoms with Crippen LogP contribution >= 0.6 is 0 Å². The van der Waals surface area contributed by atoms with Crippen molar-refractivity contribution >= 4 is 5.91 Å². The maximum atomic E-state index is 11.2. The molecule has 0 rings (SSSR count). The van der Waals surface area contributed by atoms with Crippen molar-refractivity contribution in [3.63, 3.8) is 0 Å². The number of nitrogens with zero attached hydrogens (tertiary/aromatic N) is 1. The summed E-state index contributed by atoms with van der Waals surface area (Å²) in [5.74, 6) is 5.02. The molecule has 1 amide bonds. The monoisotopic (exact) mass is 189 g/mol. The predicted octanol–water partition coefficient (Wildman–Crippen LogP) is -0.801. The summed E-state index contributed by atoms with van der Waals surface area (Å²) in [6.07, 6.45) is 2.99. The number of nitrogens with two attached hydrogens (primary N) is 2. The van der Waals surface area contributed by atoms with Crippen molar-refractivity contribution in [1.29, 1.82) is 0 Å². The lowest BCUT2D eigenvalue weighted by Gasteiger charge is -2.19. The van der Waals surface area contributed by atoms with Gasteiger partial charge in [0, 0.05) is 6.54 Å². The molecule has 1 atom stereocenters. The SMILES string of the molecule is CCCCCN(N)C(=O)[C@@H](N)CO. The van der Waals surface area contributed by atoms with E-state index in [1.165, 1.54) is 0 Å². The zero-order valence-corrected chi connectivity index (χ0v) is 8.07. The molecule has 0 fully saturated rings. The molecule has 0 saturated carbocycles. The van der Waals surface area contributed by atoms with Crippen molar-refractivity contribution in [2.75, 3.05) is 13.2 Å². The molecule has 0 aliphatic heterocycles. The highest BCUT2D eigenvalue weighted by Crippen LogP contribution is 1.96. The molecule has 0 aromatic rings. The highest BCUT2D eigenvalue weighted by molar-refractivity contribution is 5.81. The van der Waals surface area contributed by atoms with Crippen LogP contribution in [0.3, 0.4) is 0 Å². The van der Waals surface area contributed by atoms with Crippen molar-refractivity contribution in [2.45, 2.75) is 32.2 Å². The van der Waals surface area contributed by atoms with Crippen LogP contribution in [-0.2, 0) is 4.79 Å². The fraction of sp³-hybridized carbons (Fsp3) is 0.875. The van der Waals surface area contributed by atoms with Crippen LogP contribution in [0.2, 0.25) is 0 Å². The number of aliphatic hydroxyl groups is 1. The van der Waals surface area contributed by atoms with Crippen LogP contribution in [0.25, 0.3) is 0 Å². The second kappa shape index (κ2) is 6.82. The minimum Gasteiger partial charge on any atom is -0.394 e. The molecule has 13 heavy (non-hydrogen) atoms. The summed E-state index contributed by atoms with van der Waals surface area (Å²) in [6, 6.07) is -0.883. The first kappa shape index (κ1) is 12.3. The smallest absolute Gasteiger partial charge is 0.255 e. The summed E-state index contributed by atoms with van der Waals surface area (Å²) in [5.41, 5.74) is 5.30. The van der Waals surface area contributed by atoms with Gasteiger partial charge in [-0.15, -0.1) is 0 Å². The average molecular weight is 189 g/mol. The average Bonchev–Trinajstić information content (AvgIpc) is 2.15. The van der Waals surface area contributed by atoms with Crippen molar-refractivity contribution in [3.05, 3.63) is 0 Å². The molecule has 0 heterocycles. The van der Waals surface area contributed by atoms with Gasteiger partial charge in [0.1, 0.15) is 6.04 Å². The van der Waals surface area contributed by atoms with E-state index < -0.39 is 11.9 Å². The standard InChI is InChI=1S/C8H19N3O2/c1-2-3-4-5-11(10)8(13)7(9)6-12/h7,12H,2-6,9-10H2,1H3/t7-/m0/s1. The molecule has 0 unspecified atom stereocenters. The molecule has 0 bridgehead atoms. The Bertz CT molecular complexity index is 152. The molecule has 5 nitrogen and oxygen atoms in total. The molecule has 78 valence electrons. The molecule has 5 N–H and O–H groups in total. The number of hydrogen-bond donors (Lipinski definition) is 3. The second-order valence-corrected chi connectivity index (χ2v) is 3.03. The van der Waals surface area contributed by atoms with Gasteiger partial charge in [0.05, 0.1) is 6.61 Å². The van der Waals surface area contributed by atoms with Crippen molar-refractivity contribution in [3.8, 4) is 0 Å². The van der Waals surface area contributed by atoms with Crippen LogP contribution in [0.5, 0.6) is 0 Å². The third kappa shape index (κ3) is 4.82. The zero-order chi connectivity index (χ0) is 10.3. The van der Waals surface area contributed by atoms with Crippen molar-refractivity contribution in [2.24, 2.45) is 11.6 Å². The summed E-state index contributed by atoms with van der Waals surface area (Å²) in [6.45, 7) is 2.21. The number of unbranched alkanes of at least 4 members (excludes halogenated alkanes) is 2. The van der Waals surface area contributed by atoms with Gasteiger partial charge in [0.15, 0.2) is 0 Å². The summed E-state index contributed by atoms with van der Waals surface area (Å²) in [4.78, 5) is 11.2. The lowest BCUT2D eigenvalue weighted by atomic mass is 10.2. The number of amides is 1. The van der Waals surface area contributed by atoms with E-state index in [2.05, 4.69) is 6.92 Å². The van der Waals surface area contributed by atoms with Crippen LogP contribution in [0, 0.1) is 0 Å². The van der Waals surface area contributed by atoms with Gasteiger partial charge in [0.25, 0.3) is 5.91 Å². The zero-order valence-electron chi connectivity index (χ0n) is 8.07. The van der Waals surface area contributed by atoms with Gasteiger partial charge in [-0.25, -0.2) is 5.84 Å². The van der Waals surface area contributed by atoms with Crippen LogP contribution in [-0.4, -0.2) is 35.2 Å². The molecular formula is C8H19N3O2. The van der Waals surface area contributed by atoms with Gasteiger partial charge in [-0.05, 0) is 6.42 Å². The van der Waals surface area contributed by atoms with E-state index in [0.717, 1.165) is 24.3 Å². The largest absolute Gasteiger partial charge is 0.394 e. The van der Waals surface area contributed by atoms with Crippen molar-refractivity contribution < 1.29 is 9.90 Å². The quantitative estimate of drug-likeness (QED) is 0.221. The lowest BCUT2D eigenvalue weighted by Crippen LogP contribution is -2.49. The summed E-state index contributed by atoms with van der Waals surface area (Å²) in [5, 5.41) is 9.68. The van der Waals surface area contributed by atoms with Gasteiger partial charge < -0.3 is 10.8 Å². The van der Waals surface area contributed by atoms with E-state index in [0.29, 0.717) is 6.54 Å². The fourth-order valence-corrected chi connectivity index (χ4v) is 0.933. The lowest BCUT2D eigenvalue weighted by molar-refractivity contribution is -0.133. The third-order valence-electron chi connectivity index (χ3n) is 1.80. The molecule has 0 aromatic carbocycles. The Morgan fingerprint density at radius 1 is 1.54 bits per heavy atom. The number of rotatable bonds is 6. The molecule has 0 aliphatic carbocycles. The molecule has 5 heteroatoms. The van der Waals surface area contributed by atoms with Gasteiger partial charge in [-0.2, -0.15) is 0 Å².